The Kier molecular flexibility index (Phi) is 5.08. The molecule has 0 radical (unpaired) electrons. The summed E-state index contributed by atoms with van der Waals surface area (Å²) in [6.45, 7) is 5.75. The van der Waals surface area contributed by atoms with Crippen LogP contribution in [0.5, 0.6) is 0 Å². The van der Waals surface area contributed by atoms with Crippen molar-refractivity contribution in [1.82, 2.24) is 15.1 Å². The smallest absolute Gasteiger partial charge is 0.279 e. The van der Waals surface area contributed by atoms with Gasteiger partial charge < -0.3 is 5.32 Å². The lowest BCUT2D eigenvalue weighted by Crippen LogP contribution is -2.39. The average Bonchev–Trinajstić information content (AvgIpc) is 2.84. The number of amides is 1. The van der Waals surface area contributed by atoms with Gasteiger partial charge in [-0.15, -0.1) is 0 Å². The molecule has 1 aromatic rings. The van der Waals surface area contributed by atoms with Gasteiger partial charge in [-0.2, -0.15) is 16.9 Å². The number of nitrogens with one attached hydrogen (secondary N) is 1. The number of rotatable bonds is 4. The van der Waals surface area contributed by atoms with E-state index in [9.17, 15) is 9.59 Å². The van der Waals surface area contributed by atoms with E-state index in [0.717, 1.165) is 25.0 Å². The van der Waals surface area contributed by atoms with Crippen LogP contribution in [0.3, 0.4) is 0 Å². The van der Waals surface area contributed by atoms with Crippen LogP contribution in [-0.2, 0) is 7.05 Å². The minimum atomic E-state index is -0.326. The van der Waals surface area contributed by atoms with Gasteiger partial charge in [-0.25, -0.2) is 4.68 Å². The molecular formula is C15H23N3O2S. The number of hydrogen-bond acceptors (Lipinski definition) is 4. The fourth-order valence-electron chi connectivity index (χ4n) is 2.83. The van der Waals surface area contributed by atoms with Crippen LogP contribution in [0.4, 0.5) is 0 Å². The van der Waals surface area contributed by atoms with Crippen molar-refractivity contribution in [3.63, 3.8) is 0 Å². The molecule has 6 heteroatoms. The van der Waals surface area contributed by atoms with Crippen molar-refractivity contribution in [1.29, 1.82) is 0 Å². The van der Waals surface area contributed by atoms with E-state index in [2.05, 4.69) is 17.3 Å². The van der Waals surface area contributed by atoms with Crippen molar-refractivity contribution >= 4 is 17.7 Å². The van der Waals surface area contributed by atoms with Crippen LogP contribution in [0.25, 0.3) is 0 Å². The van der Waals surface area contributed by atoms with Gasteiger partial charge in [0, 0.05) is 18.3 Å². The van der Waals surface area contributed by atoms with Gasteiger partial charge >= 0.3 is 0 Å². The molecule has 1 fully saturated rings. The number of hydrogen-bond donors (Lipinski definition) is 1. The maximum absolute atomic E-state index is 12.5. The highest BCUT2D eigenvalue weighted by Crippen LogP contribution is 2.29. The van der Waals surface area contributed by atoms with Gasteiger partial charge in [0.25, 0.3) is 11.5 Å². The Labute approximate surface area is 129 Å². The minimum absolute atomic E-state index is 0.180. The third kappa shape index (κ3) is 3.48. The monoisotopic (exact) mass is 309 g/mol. The lowest BCUT2D eigenvalue weighted by atomic mass is 10.1. The highest BCUT2D eigenvalue weighted by molar-refractivity contribution is 7.99. The van der Waals surface area contributed by atoms with E-state index in [1.165, 1.54) is 4.68 Å². The van der Waals surface area contributed by atoms with Crippen molar-refractivity contribution in [2.24, 2.45) is 7.05 Å². The molecule has 0 bridgehead atoms. The quantitative estimate of drug-likeness (QED) is 0.921. The van der Waals surface area contributed by atoms with Crippen molar-refractivity contribution < 1.29 is 4.79 Å². The molecule has 0 aliphatic heterocycles. The Balaban J connectivity index is 2.13. The highest BCUT2D eigenvalue weighted by Gasteiger charge is 2.27. The van der Waals surface area contributed by atoms with Crippen LogP contribution < -0.4 is 10.9 Å². The third-order valence-corrected chi connectivity index (χ3v) is 5.31. The van der Waals surface area contributed by atoms with Crippen molar-refractivity contribution in [3.05, 3.63) is 27.2 Å². The van der Waals surface area contributed by atoms with Gasteiger partial charge in [-0.1, -0.05) is 6.92 Å². The number of carbonyl (C=O) groups is 1. The van der Waals surface area contributed by atoms with Gasteiger partial charge in [-0.05, 0) is 44.4 Å². The summed E-state index contributed by atoms with van der Waals surface area (Å²) < 4.78 is 1.24. The summed E-state index contributed by atoms with van der Waals surface area (Å²) in [5, 5.41) is 7.76. The second kappa shape index (κ2) is 6.64. The first-order valence-electron chi connectivity index (χ1n) is 7.41. The van der Waals surface area contributed by atoms with Gasteiger partial charge in [-0.3, -0.25) is 9.59 Å². The van der Waals surface area contributed by atoms with Crippen LogP contribution in [0.1, 0.15) is 47.8 Å². The first-order chi connectivity index (χ1) is 9.93. The second-order valence-electron chi connectivity index (χ2n) is 5.57. The number of aryl methyl sites for hydroxylation is 2. The molecule has 2 atom stereocenters. The molecule has 0 spiro atoms. The molecule has 5 nitrogen and oxygen atoms in total. The van der Waals surface area contributed by atoms with E-state index in [-0.39, 0.29) is 23.1 Å². The molecule has 1 aliphatic rings. The van der Waals surface area contributed by atoms with Crippen LogP contribution in [0.2, 0.25) is 0 Å². The Morgan fingerprint density at radius 3 is 2.81 bits per heavy atom. The van der Waals surface area contributed by atoms with E-state index in [1.54, 1.807) is 14.0 Å². The zero-order valence-electron chi connectivity index (χ0n) is 13.1. The molecule has 116 valence electrons. The normalized spacial score (nSPS) is 21.5. The summed E-state index contributed by atoms with van der Waals surface area (Å²) in [7, 11) is 1.58. The molecule has 1 amide bonds. The number of nitrogens with zero attached hydrogens (tertiary/aromatic N) is 2. The fourth-order valence-corrected chi connectivity index (χ4v) is 3.97. The number of carbonyl (C=O) groups excluding carboxylic acids is 1. The predicted molar refractivity (Wildman–Crippen MR) is 86.0 cm³/mol. The Bertz CT molecular complexity index is 597. The molecule has 1 heterocycles. The average molecular weight is 309 g/mol. The summed E-state index contributed by atoms with van der Waals surface area (Å²) in [6, 6.07) is 0.180. The molecule has 0 aromatic carbocycles. The van der Waals surface area contributed by atoms with E-state index in [1.807, 2.05) is 18.7 Å². The van der Waals surface area contributed by atoms with Crippen LogP contribution >= 0.6 is 11.8 Å². The molecule has 1 N–H and O–H groups in total. The zero-order chi connectivity index (χ0) is 15.6. The zero-order valence-corrected chi connectivity index (χ0v) is 13.9. The first-order valence-corrected chi connectivity index (χ1v) is 8.45. The second-order valence-corrected chi connectivity index (χ2v) is 7.15. The van der Waals surface area contributed by atoms with Gasteiger partial charge in [0.2, 0.25) is 0 Å². The SMILES string of the molecule is CCS[C@@H]1CC[C@@H](NC(=O)c2c(C)c(C)nn(C)c2=O)C1. The maximum atomic E-state index is 12.5. The topological polar surface area (TPSA) is 64.0 Å². The molecule has 21 heavy (non-hydrogen) atoms. The minimum Gasteiger partial charge on any atom is -0.349 e. The fraction of sp³-hybridized carbons (Fsp3) is 0.667. The van der Waals surface area contributed by atoms with Gasteiger partial charge in [0.15, 0.2) is 0 Å². The summed E-state index contributed by atoms with van der Waals surface area (Å²) in [5.74, 6) is 0.847. The largest absolute Gasteiger partial charge is 0.349 e. The molecular weight excluding hydrogens is 286 g/mol. The van der Waals surface area contributed by atoms with Gasteiger partial charge in [0.1, 0.15) is 5.56 Å². The lowest BCUT2D eigenvalue weighted by Gasteiger charge is -2.15. The molecule has 1 aliphatic carbocycles. The Hall–Kier alpha value is -1.30. The van der Waals surface area contributed by atoms with Crippen molar-refractivity contribution in [2.75, 3.05) is 5.75 Å². The Morgan fingerprint density at radius 2 is 2.14 bits per heavy atom. The van der Waals surface area contributed by atoms with E-state index < -0.39 is 0 Å². The van der Waals surface area contributed by atoms with Gasteiger partial charge in [0.05, 0.1) is 5.69 Å². The van der Waals surface area contributed by atoms with Crippen molar-refractivity contribution in [2.45, 2.75) is 51.3 Å². The van der Waals surface area contributed by atoms with Crippen molar-refractivity contribution in [3.8, 4) is 0 Å². The van der Waals surface area contributed by atoms with Crippen LogP contribution in [0, 0.1) is 13.8 Å². The molecule has 0 saturated heterocycles. The lowest BCUT2D eigenvalue weighted by molar-refractivity contribution is 0.0934. The summed E-state index contributed by atoms with van der Waals surface area (Å²) in [5.41, 5.74) is 1.30. The third-order valence-electron chi connectivity index (χ3n) is 4.07. The first kappa shape index (κ1) is 16.1. The summed E-state index contributed by atoms with van der Waals surface area (Å²) in [4.78, 5) is 24.6. The van der Waals surface area contributed by atoms with E-state index in [0.29, 0.717) is 16.5 Å². The standard InChI is InChI=1S/C15H23N3O2S/c1-5-21-12-7-6-11(8-12)16-14(19)13-9(2)10(3)17-18(4)15(13)20/h11-12H,5-8H2,1-4H3,(H,16,19)/t11-,12-/m1/s1. The van der Waals surface area contributed by atoms with E-state index in [4.69, 9.17) is 0 Å². The molecule has 2 rings (SSSR count). The molecule has 0 unspecified atom stereocenters. The molecule has 1 saturated carbocycles. The van der Waals surface area contributed by atoms with Crippen LogP contribution in [0.15, 0.2) is 4.79 Å². The number of thioether (sulfide) groups is 1. The van der Waals surface area contributed by atoms with E-state index >= 15 is 0 Å². The summed E-state index contributed by atoms with van der Waals surface area (Å²) >= 11 is 1.95. The highest BCUT2D eigenvalue weighted by atomic mass is 32.2. The maximum Gasteiger partial charge on any atom is 0.279 e. The predicted octanol–water partition coefficient (Wildman–Crippen LogP) is 1.80. The number of aromatic nitrogens is 2. The van der Waals surface area contributed by atoms with Crippen LogP contribution in [-0.4, -0.2) is 32.7 Å². The summed E-state index contributed by atoms with van der Waals surface area (Å²) in [6.07, 6.45) is 3.12. The molecule has 1 aromatic heterocycles. The Morgan fingerprint density at radius 1 is 1.43 bits per heavy atom.